The minimum Gasteiger partial charge on any atom is -0.368 e. The van der Waals surface area contributed by atoms with E-state index >= 15 is 0 Å². The zero-order chi connectivity index (χ0) is 10.8. The second-order valence-electron chi connectivity index (χ2n) is 3.49. The molecule has 0 amide bonds. The summed E-state index contributed by atoms with van der Waals surface area (Å²) in [4.78, 5) is 8.35. The third-order valence-electron chi connectivity index (χ3n) is 2.35. The molecule has 0 radical (unpaired) electrons. The van der Waals surface area contributed by atoms with Crippen molar-refractivity contribution in [2.75, 3.05) is 5.73 Å². The van der Waals surface area contributed by atoms with Gasteiger partial charge in [0.25, 0.3) is 0 Å². The van der Waals surface area contributed by atoms with Crippen molar-refractivity contribution >= 4 is 5.95 Å². The van der Waals surface area contributed by atoms with Crippen molar-refractivity contribution in [3.63, 3.8) is 0 Å². The van der Waals surface area contributed by atoms with Crippen molar-refractivity contribution in [1.29, 1.82) is 0 Å². The molecular formula is C12H13N3. The van der Waals surface area contributed by atoms with Crippen LogP contribution in [-0.4, -0.2) is 9.97 Å². The van der Waals surface area contributed by atoms with Gasteiger partial charge in [0.1, 0.15) is 0 Å². The molecule has 0 saturated carbocycles. The lowest BCUT2D eigenvalue weighted by atomic mass is 10.0. The highest BCUT2D eigenvalue weighted by Gasteiger charge is 2.08. The van der Waals surface area contributed by atoms with Crippen LogP contribution in [0.5, 0.6) is 0 Å². The summed E-state index contributed by atoms with van der Waals surface area (Å²) in [6.07, 6.45) is 0. The molecule has 1 aromatic heterocycles. The molecule has 2 rings (SSSR count). The first kappa shape index (κ1) is 9.65. The predicted molar refractivity (Wildman–Crippen MR) is 61.4 cm³/mol. The van der Waals surface area contributed by atoms with E-state index in [4.69, 9.17) is 5.73 Å². The van der Waals surface area contributed by atoms with Gasteiger partial charge >= 0.3 is 0 Å². The number of hydrogen-bond acceptors (Lipinski definition) is 3. The SMILES string of the molecule is Cc1nc(N)nc(C)c1-c1ccccc1. The van der Waals surface area contributed by atoms with Crippen LogP contribution in [0.1, 0.15) is 11.4 Å². The first-order valence-corrected chi connectivity index (χ1v) is 4.84. The molecular weight excluding hydrogens is 186 g/mol. The van der Waals surface area contributed by atoms with Crippen molar-refractivity contribution in [3.05, 3.63) is 41.7 Å². The lowest BCUT2D eigenvalue weighted by molar-refractivity contribution is 1.07. The molecule has 2 aromatic rings. The fraction of sp³-hybridized carbons (Fsp3) is 0.167. The van der Waals surface area contributed by atoms with Crippen LogP contribution in [0.15, 0.2) is 30.3 Å². The molecule has 2 N–H and O–H groups in total. The first-order valence-electron chi connectivity index (χ1n) is 4.84. The highest BCUT2D eigenvalue weighted by molar-refractivity contribution is 5.68. The third-order valence-corrected chi connectivity index (χ3v) is 2.35. The molecule has 0 aliphatic carbocycles. The maximum atomic E-state index is 5.58. The highest BCUT2D eigenvalue weighted by atomic mass is 15.0. The van der Waals surface area contributed by atoms with Gasteiger partial charge in [-0.1, -0.05) is 30.3 Å². The third kappa shape index (κ3) is 1.81. The van der Waals surface area contributed by atoms with Crippen LogP contribution in [0, 0.1) is 13.8 Å². The van der Waals surface area contributed by atoms with Crippen molar-refractivity contribution in [1.82, 2.24) is 9.97 Å². The van der Waals surface area contributed by atoms with E-state index in [1.807, 2.05) is 32.0 Å². The van der Waals surface area contributed by atoms with Gasteiger partial charge in [-0.2, -0.15) is 0 Å². The topological polar surface area (TPSA) is 51.8 Å². The second-order valence-corrected chi connectivity index (χ2v) is 3.49. The van der Waals surface area contributed by atoms with E-state index in [1.54, 1.807) is 0 Å². The average molecular weight is 199 g/mol. The molecule has 0 atom stereocenters. The number of rotatable bonds is 1. The molecule has 0 aliphatic rings. The Hall–Kier alpha value is -1.90. The van der Waals surface area contributed by atoms with Crippen molar-refractivity contribution in [2.24, 2.45) is 0 Å². The zero-order valence-electron chi connectivity index (χ0n) is 8.86. The number of benzene rings is 1. The Morgan fingerprint density at radius 3 is 2.00 bits per heavy atom. The van der Waals surface area contributed by atoms with Crippen LogP contribution in [0.2, 0.25) is 0 Å². The van der Waals surface area contributed by atoms with E-state index in [2.05, 4.69) is 22.1 Å². The maximum Gasteiger partial charge on any atom is 0.220 e. The Labute approximate surface area is 89.0 Å². The number of anilines is 1. The smallest absolute Gasteiger partial charge is 0.220 e. The average Bonchev–Trinajstić information content (AvgIpc) is 2.17. The van der Waals surface area contributed by atoms with E-state index in [1.165, 1.54) is 0 Å². The first-order chi connectivity index (χ1) is 7.18. The minimum atomic E-state index is 0.338. The van der Waals surface area contributed by atoms with E-state index in [9.17, 15) is 0 Å². The fourth-order valence-electron chi connectivity index (χ4n) is 1.76. The van der Waals surface area contributed by atoms with Crippen molar-refractivity contribution < 1.29 is 0 Å². The Bertz CT molecular complexity index is 454. The number of nitrogen functional groups attached to an aromatic ring is 1. The summed E-state index contributed by atoms with van der Waals surface area (Å²) < 4.78 is 0. The largest absolute Gasteiger partial charge is 0.368 e. The number of nitrogens with two attached hydrogens (primary N) is 1. The van der Waals surface area contributed by atoms with Crippen LogP contribution in [0.3, 0.4) is 0 Å². The van der Waals surface area contributed by atoms with E-state index in [0.29, 0.717) is 5.95 Å². The molecule has 3 nitrogen and oxygen atoms in total. The molecule has 76 valence electrons. The number of aromatic nitrogens is 2. The second kappa shape index (κ2) is 3.69. The van der Waals surface area contributed by atoms with Gasteiger partial charge in [0.2, 0.25) is 5.95 Å². The van der Waals surface area contributed by atoms with Crippen LogP contribution in [0.4, 0.5) is 5.95 Å². The van der Waals surface area contributed by atoms with Gasteiger partial charge < -0.3 is 5.73 Å². The molecule has 0 spiro atoms. The predicted octanol–water partition coefficient (Wildman–Crippen LogP) is 2.34. The van der Waals surface area contributed by atoms with Gasteiger partial charge in [0.15, 0.2) is 0 Å². The Balaban J connectivity index is 2.64. The summed E-state index contributed by atoms with van der Waals surface area (Å²) in [5.74, 6) is 0.338. The van der Waals surface area contributed by atoms with Crippen LogP contribution in [-0.2, 0) is 0 Å². The molecule has 0 fully saturated rings. The van der Waals surface area contributed by atoms with Gasteiger partial charge in [-0.05, 0) is 19.4 Å². The van der Waals surface area contributed by atoms with Crippen LogP contribution in [0.25, 0.3) is 11.1 Å². The number of nitrogens with zero attached hydrogens (tertiary/aromatic N) is 2. The van der Waals surface area contributed by atoms with E-state index in [0.717, 1.165) is 22.5 Å². The summed E-state index contributed by atoms with van der Waals surface area (Å²) in [6, 6.07) is 10.1. The molecule has 0 saturated heterocycles. The monoisotopic (exact) mass is 199 g/mol. The summed E-state index contributed by atoms with van der Waals surface area (Å²) in [6.45, 7) is 3.90. The summed E-state index contributed by atoms with van der Waals surface area (Å²) in [5, 5.41) is 0. The molecule has 1 heterocycles. The summed E-state index contributed by atoms with van der Waals surface area (Å²) in [7, 11) is 0. The van der Waals surface area contributed by atoms with Crippen LogP contribution >= 0.6 is 0 Å². The standard InChI is InChI=1S/C12H13N3/c1-8-11(9(2)15-12(13)14-8)10-6-4-3-5-7-10/h3-7H,1-2H3,(H2,13,14,15). The quantitative estimate of drug-likeness (QED) is 0.767. The minimum absolute atomic E-state index is 0.338. The molecule has 0 aliphatic heterocycles. The molecule has 15 heavy (non-hydrogen) atoms. The number of hydrogen-bond donors (Lipinski definition) is 1. The Kier molecular flexibility index (Phi) is 2.37. The van der Waals surface area contributed by atoms with Gasteiger partial charge in [0, 0.05) is 5.56 Å². The van der Waals surface area contributed by atoms with Crippen LogP contribution < -0.4 is 5.73 Å². The molecule has 3 heteroatoms. The Morgan fingerprint density at radius 2 is 1.47 bits per heavy atom. The fourth-order valence-corrected chi connectivity index (χ4v) is 1.76. The molecule has 0 unspecified atom stereocenters. The summed E-state index contributed by atoms with van der Waals surface area (Å²) in [5.41, 5.74) is 9.63. The zero-order valence-corrected chi connectivity index (χ0v) is 8.86. The lowest BCUT2D eigenvalue weighted by Crippen LogP contribution is -2.01. The van der Waals surface area contributed by atoms with Gasteiger partial charge in [-0.15, -0.1) is 0 Å². The highest BCUT2D eigenvalue weighted by Crippen LogP contribution is 2.24. The maximum absolute atomic E-state index is 5.58. The lowest BCUT2D eigenvalue weighted by Gasteiger charge is -2.08. The van der Waals surface area contributed by atoms with E-state index in [-0.39, 0.29) is 0 Å². The molecule has 0 bridgehead atoms. The van der Waals surface area contributed by atoms with Crippen molar-refractivity contribution in [3.8, 4) is 11.1 Å². The van der Waals surface area contributed by atoms with E-state index < -0.39 is 0 Å². The van der Waals surface area contributed by atoms with Gasteiger partial charge in [0.05, 0.1) is 11.4 Å². The Morgan fingerprint density at radius 1 is 0.933 bits per heavy atom. The van der Waals surface area contributed by atoms with Crippen molar-refractivity contribution in [2.45, 2.75) is 13.8 Å². The summed E-state index contributed by atoms with van der Waals surface area (Å²) >= 11 is 0. The van der Waals surface area contributed by atoms with Gasteiger partial charge in [-0.3, -0.25) is 0 Å². The molecule has 1 aromatic carbocycles. The van der Waals surface area contributed by atoms with Gasteiger partial charge in [-0.25, -0.2) is 9.97 Å². The number of aryl methyl sites for hydroxylation is 2. The normalized spacial score (nSPS) is 10.3.